The van der Waals surface area contributed by atoms with Gasteiger partial charge in [-0.2, -0.15) is 0 Å². The summed E-state index contributed by atoms with van der Waals surface area (Å²) in [5, 5.41) is 8.06. The summed E-state index contributed by atoms with van der Waals surface area (Å²) in [4.78, 5) is 8.64. The highest BCUT2D eigenvalue weighted by Crippen LogP contribution is 2.49. The van der Waals surface area contributed by atoms with Gasteiger partial charge in [-0.15, -0.1) is 22.7 Å². The Hall–Kier alpha value is -4.12. The van der Waals surface area contributed by atoms with Crippen molar-refractivity contribution in [2.45, 2.75) is 0 Å². The third kappa shape index (κ3) is 2.89. The zero-order chi connectivity index (χ0) is 23.6. The Kier molecular flexibility index (Phi) is 4.30. The number of aromatic nitrogens is 2. The first kappa shape index (κ1) is 20.1. The molecular weight excluding hydrogens is 477 g/mol. The maximum absolute atomic E-state index is 4.32. The highest BCUT2D eigenvalue weighted by atomic mass is 32.1. The number of benzene rings is 4. The fourth-order valence-corrected chi connectivity index (χ4v) is 8.05. The van der Waals surface area contributed by atoms with Crippen LogP contribution >= 0.6 is 22.7 Å². The third-order valence-corrected chi connectivity index (χ3v) is 9.51. The summed E-state index contributed by atoms with van der Waals surface area (Å²) in [7, 11) is 0. The number of fused-ring (bicyclic) bond motifs is 10. The second-order valence-corrected chi connectivity index (χ2v) is 11.2. The molecule has 0 radical (unpaired) electrons. The summed E-state index contributed by atoms with van der Waals surface area (Å²) in [6.45, 7) is 0. The van der Waals surface area contributed by atoms with Crippen molar-refractivity contribution >= 4 is 73.8 Å². The molecule has 0 atom stereocenters. The van der Waals surface area contributed by atoms with Gasteiger partial charge in [0.05, 0.1) is 9.40 Å². The van der Waals surface area contributed by atoms with Crippen molar-refractivity contribution in [1.29, 1.82) is 0 Å². The molecule has 0 amide bonds. The SMILES string of the molecule is c1cncc(-c2ccc3c(c2)sc2c4sc5cc(-c6cccnc6)ccc5c4c4ccccc4c32)c1. The highest BCUT2D eigenvalue weighted by Gasteiger charge is 2.18. The molecule has 36 heavy (non-hydrogen) atoms. The lowest BCUT2D eigenvalue weighted by atomic mass is 9.97. The summed E-state index contributed by atoms with van der Waals surface area (Å²) in [6.07, 6.45) is 7.53. The van der Waals surface area contributed by atoms with Crippen LogP contribution in [0.1, 0.15) is 0 Å². The van der Waals surface area contributed by atoms with E-state index in [0.717, 1.165) is 11.1 Å². The number of nitrogens with zero attached hydrogens (tertiary/aromatic N) is 2. The molecule has 0 bridgehead atoms. The predicted molar refractivity (Wildman–Crippen MR) is 156 cm³/mol. The zero-order valence-corrected chi connectivity index (χ0v) is 20.7. The van der Waals surface area contributed by atoms with Gasteiger partial charge < -0.3 is 0 Å². The lowest BCUT2D eigenvalue weighted by molar-refractivity contribution is 1.33. The van der Waals surface area contributed by atoms with Gasteiger partial charge in [-0.3, -0.25) is 9.97 Å². The molecule has 0 N–H and O–H groups in total. The molecule has 0 fully saturated rings. The summed E-state index contributed by atoms with van der Waals surface area (Å²) in [5.74, 6) is 0. The Balaban J connectivity index is 1.48. The van der Waals surface area contributed by atoms with Crippen molar-refractivity contribution in [1.82, 2.24) is 9.97 Å². The van der Waals surface area contributed by atoms with Gasteiger partial charge in [0.1, 0.15) is 0 Å². The van der Waals surface area contributed by atoms with E-state index in [9.17, 15) is 0 Å². The molecule has 0 aliphatic carbocycles. The summed E-state index contributed by atoms with van der Waals surface area (Å²) in [6, 6.07) is 30.8. The molecule has 0 unspecified atom stereocenters. The van der Waals surface area contributed by atoms with E-state index in [0.29, 0.717) is 0 Å². The molecule has 4 aromatic heterocycles. The smallest absolute Gasteiger partial charge is 0.0540 e. The average Bonchev–Trinajstić information content (AvgIpc) is 3.52. The van der Waals surface area contributed by atoms with Crippen LogP contribution in [0.2, 0.25) is 0 Å². The van der Waals surface area contributed by atoms with Crippen LogP contribution in [0, 0.1) is 0 Å². The van der Waals surface area contributed by atoms with Crippen LogP contribution in [0.3, 0.4) is 0 Å². The van der Waals surface area contributed by atoms with E-state index in [1.807, 2.05) is 59.6 Å². The maximum atomic E-state index is 4.32. The van der Waals surface area contributed by atoms with Crippen LogP contribution in [0.25, 0.3) is 73.4 Å². The van der Waals surface area contributed by atoms with E-state index in [2.05, 4.69) is 82.8 Å². The molecule has 4 heterocycles. The van der Waals surface area contributed by atoms with Gasteiger partial charge in [-0.1, -0.05) is 60.7 Å². The van der Waals surface area contributed by atoms with E-state index in [1.54, 1.807) is 0 Å². The average molecular weight is 495 g/mol. The number of pyridine rings is 2. The van der Waals surface area contributed by atoms with Crippen molar-refractivity contribution in [3.05, 3.63) is 110 Å². The van der Waals surface area contributed by atoms with E-state index in [1.165, 1.54) is 62.2 Å². The summed E-state index contributed by atoms with van der Waals surface area (Å²) in [5.41, 5.74) is 4.72. The van der Waals surface area contributed by atoms with Gasteiger partial charge >= 0.3 is 0 Å². The number of hydrogen-bond acceptors (Lipinski definition) is 4. The van der Waals surface area contributed by atoms with Crippen LogP contribution in [-0.2, 0) is 0 Å². The Morgan fingerprint density at radius 3 is 1.39 bits per heavy atom. The van der Waals surface area contributed by atoms with Crippen LogP contribution in [0.4, 0.5) is 0 Å². The Morgan fingerprint density at radius 1 is 0.444 bits per heavy atom. The van der Waals surface area contributed by atoms with E-state index >= 15 is 0 Å². The van der Waals surface area contributed by atoms with Crippen LogP contribution in [0.5, 0.6) is 0 Å². The molecule has 2 nitrogen and oxygen atoms in total. The highest BCUT2D eigenvalue weighted by molar-refractivity contribution is 7.33. The molecule has 0 saturated heterocycles. The first-order valence-electron chi connectivity index (χ1n) is 11.9. The number of thiophene rings is 2. The molecule has 0 spiro atoms. The van der Waals surface area contributed by atoms with Crippen molar-refractivity contribution in [3.8, 4) is 22.3 Å². The zero-order valence-electron chi connectivity index (χ0n) is 19.1. The van der Waals surface area contributed by atoms with Crippen molar-refractivity contribution < 1.29 is 0 Å². The fraction of sp³-hybridized carbons (Fsp3) is 0. The molecule has 0 saturated carbocycles. The summed E-state index contributed by atoms with van der Waals surface area (Å²) >= 11 is 3.82. The Labute approximate surface area is 215 Å². The van der Waals surface area contributed by atoms with Gasteiger partial charge in [-0.05, 0) is 46.2 Å². The molecule has 0 aliphatic heterocycles. The monoisotopic (exact) mass is 494 g/mol. The van der Waals surface area contributed by atoms with Gasteiger partial charge in [0.2, 0.25) is 0 Å². The van der Waals surface area contributed by atoms with Crippen molar-refractivity contribution in [3.63, 3.8) is 0 Å². The molecule has 8 aromatic rings. The minimum absolute atomic E-state index is 1.15. The van der Waals surface area contributed by atoms with Gasteiger partial charge in [0.15, 0.2) is 0 Å². The number of rotatable bonds is 2. The molecule has 0 aliphatic rings. The predicted octanol–water partition coefficient (Wildman–Crippen LogP) is 9.70. The lowest BCUT2D eigenvalue weighted by Crippen LogP contribution is -1.80. The molecular formula is C32H18N2S2. The van der Waals surface area contributed by atoms with E-state index < -0.39 is 0 Å². The minimum Gasteiger partial charge on any atom is -0.264 e. The lowest BCUT2D eigenvalue weighted by Gasteiger charge is -2.05. The fourth-order valence-electron chi connectivity index (χ4n) is 5.39. The van der Waals surface area contributed by atoms with Gasteiger partial charge in [0.25, 0.3) is 0 Å². The summed E-state index contributed by atoms with van der Waals surface area (Å²) < 4.78 is 5.40. The third-order valence-electron chi connectivity index (χ3n) is 7.04. The van der Waals surface area contributed by atoms with Gasteiger partial charge in [0, 0.05) is 66.9 Å². The maximum Gasteiger partial charge on any atom is 0.0540 e. The van der Waals surface area contributed by atoms with Crippen molar-refractivity contribution in [2.75, 3.05) is 0 Å². The second kappa shape index (κ2) is 7.69. The normalized spacial score (nSPS) is 11.9. The topological polar surface area (TPSA) is 25.8 Å². The Morgan fingerprint density at radius 2 is 0.944 bits per heavy atom. The second-order valence-electron chi connectivity index (χ2n) is 9.06. The number of hydrogen-bond donors (Lipinski definition) is 0. The Bertz CT molecular complexity index is 1940. The van der Waals surface area contributed by atoms with Crippen molar-refractivity contribution in [2.24, 2.45) is 0 Å². The molecule has 8 rings (SSSR count). The van der Waals surface area contributed by atoms with Crippen LogP contribution in [0.15, 0.2) is 110 Å². The molecule has 4 heteroatoms. The molecule has 4 aromatic carbocycles. The largest absolute Gasteiger partial charge is 0.264 e. The van der Waals surface area contributed by atoms with Crippen LogP contribution in [-0.4, -0.2) is 9.97 Å². The quantitative estimate of drug-likeness (QED) is 0.239. The van der Waals surface area contributed by atoms with Gasteiger partial charge in [-0.25, -0.2) is 0 Å². The van der Waals surface area contributed by atoms with Crippen LogP contribution < -0.4 is 0 Å². The van der Waals surface area contributed by atoms with E-state index in [-0.39, 0.29) is 0 Å². The van der Waals surface area contributed by atoms with E-state index in [4.69, 9.17) is 0 Å². The standard InChI is InChI=1S/C32H18N2S2/c1-2-8-24-23(7-1)29-25-11-9-19(21-5-3-13-33-17-21)15-27(25)35-31(29)32-30(24)26-12-10-20(16-28(26)36-32)22-6-4-14-34-18-22/h1-18H. The minimum atomic E-state index is 1.15. The molecule has 168 valence electrons. The first-order valence-corrected chi connectivity index (χ1v) is 13.5. The first-order chi connectivity index (χ1) is 17.8.